The third-order valence-corrected chi connectivity index (χ3v) is 6.02. The second-order valence-corrected chi connectivity index (χ2v) is 8.49. The average molecular weight is 497 g/mol. The van der Waals surface area contributed by atoms with Crippen LogP contribution in [-0.2, 0) is 20.8 Å². The van der Waals surface area contributed by atoms with Gasteiger partial charge in [-0.1, -0.05) is 5.16 Å². The average Bonchev–Trinajstić information content (AvgIpc) is 3.41. The molecule has 35 heavy (non-hydrogen) atoms. The number of nitrogens with zero attached hydrogens (tertiary/aromatic N) is 4. The fraction of sp³-hybridized carbons (Fsp3) is 0.500. The van der Waals surface area contributed by atoms with Crippen molar-refractivity contribution in [3.8, 4) is 0 Å². The summed E-state index contributed by atoms with van der Waals surface area (Å²) in [4.78, 5) is 40.3. The molecule has 1 aromatic carbocycles. The Bertz CT molecular complexity index is 1080. The maximum Gasteiger partial charge on any atom is 0.290 e. The first kappa shape index (κ1) is 26.1. The van der Waals surface area contributed by atoms with Crippen molar-refractivity contribution in [3.63, 3.8) is 0 Å². The van der Waals surface area contributed by atoms with Gasteiger partial charge < -0.3 is 25.2 Å². The maximum atomic E-state index is 13.9. The molecule has 0 radical (unpaired) electrons. The zero-order valence-electron chi connectivity index (χ0n) is 19.0. The Kier molecular flexibility index (Phi) is 8.43. The summed E-state index contributed by atoms with van der Waals surface area (Å²) in [5.74, 6) is -2.72. The van der Waals surface area contributed by atoms with E-state index in [4.69, 9.17) is 20.2 Å². The Morgan fingerprint density at radius 1 is 1.26 bits per heavy atom. The van der Waals surface area contributed by atoms with E-state index in [1.54, 1.807) is 9.80 Å². The first-order valence-electron chi connectivity index (χ1n) is 11.0. The van der Waals surface area contributed by atoms with Gasteiger partial charge in [-0.3, -0.25) is 14.4 Å². The molecular weight excluding hydrogens is 471 g/mol. The van der Waals surface area contributed by atoms with Gasteiger partial charge in [-0.2, -0.15) is 4.98 Å². The Labute approximate surface area is 198 Å². The van der Waals surface area contributed by atoms with E-state index >= 15 is 0 Å². The standard InChI is InChI=1S/C21H24F3N5O3.CH2O2/c1-11(30)28-9-13(10-28)20-26-21(32-27-20)18-3-2-4-29(18)19(31)7-14(25)5-12-6-16(23)17(24)8-15(12)22;2-1-3/h6,8,13-14,18H,2-5,7,9-10,25H2,1H3;1H,(H,2,3). The van der Waals surface area contributed by atoms with Crippen LogP contribution < -0.4 is 5.73 Å². The van der Waals surface area contributed by atoms with Crippen molar-refractivity contribution < 1.29 is 37.2 Å². The summed E-state index contributed by atoms with van der Waals surface area (Å²) in [5.41, 5.74) is 5.93. The van der Waals surface area contributed by atoms with Crippen LogP contribution in [-0.4, -0.2) is 69.0 Å². The second kappa shape index (κ2) is 11.3. The van der Waals surface area contributed by atoms with Crippen molar-refractivity contribution in [2.24, 2.45) is 5.73 Å². The molecule has 3 heterocycles. The highest BCUT2D eigenvalue weighted by Crippen LogP contribution is 2.33. The molecule has 2 atom stereocenters. The van der Waals surface area contributed by atoms with E-state index in [0.717, 1.165) is 12.5 Å². The number of carbonyl (C=O) groups excluding carboxylic acids is 2. The summed E-state index contributed by atoms with van der Waals surface area (Å²) in [6.45, 7) is 2.83. The number of likely N-dealkylation sites (tertiary alicyclic amines) is 2. The lowest BCUT2D eigenvalue weighted by atomic mass is 9.99. The summed E-state index contributed by atoms with van der Waals surface area (Å²) in [7, 11) is 0. The smallest absolute Gasteiger partial charge is 0.290 e. The first-order chi connectivity index (χ1) is 16.6. The minimum atomic E-state index is -1.27. The number of benzene rings is 1. The summed E-state index contributed by atoms with van der Waals surface area (Å²) in [5, 5.41) is 10.9. The van der Waals surface area contributed by atoms with Crippen LogP contribution in [0.15, 0.2) is 16.7 Å². The molecule has 2 aliphatic rings. The number of aromatic nitrogens is 2. The van der Waals surface area contributed by atoms with Crippen LogP contribution in [0.4, 0.5) is 13.2 Å². The van der Waals surface area contributed by atoms with Crippen molar-refractivity contribution in [3.05, 3.63) is 46.9 Å². The highest BCUT2D eigenvalue weighted by Gasteiger charge is 2.37. The second-order valence-electron chi connectivity index (χ2n) is 8.49. The normalized spacial score (nSPS) is 18.5. The minimum Gasteiger partial charge on any atom is -0.483 e. The van der Waals surface area contributed by atoms with E-state index in [-0.39, 0.29) is 48.7 Å². The Balaban J connectivity index is 0.00000108. The molecule has 2 saturated heterocycles. The van der Waals surface area contributed by atoms with Crippen LogP contribution >= 0.6 is 0 Å². The molecule has 4 rings (SSSR count). The summed E-state index contributed by atoms with van der Waals surface area (Å²) in [6.07, 6.45) is 1.21. The Hall–Kier alpha value is -3.48. The van der Waals surface area contributed by atoms with Gasteiger partial charge in [0.2, 0.25) is 17.7 Å². The number of amides is 2. The molecule has 10 nitrogen and oxygen atoms in total. The van der Waals surface area contributed by atoms with Crippen molar-refractivity contribution >= 4 is 18.3 Å². The lowest BCUT2D eigenvalue weighted by Crippen LogP contribution is -2.47. The molecule has 190 valence electrons. The zero-order chi connectivity index (χ0) is 25.7. The minimum absolute atomic E-state index is 0.00266. The molecule has 3 N–H and O–H groups in total. The molecule has 2 aliphatic heterocycles. The van der Waals surface area contributed by atoms with Crippen LogP contribution in [0.1, 0.15) is 55.4 Å². The molecule has 2 fully saturated rings. The van der Waals surface area contributed by atoms with E-state index in [1.807, 2.05) is 0 Å². The number of rotatable bonds is 6. The van der Waals surface area contributed by atoms with Crippen molar-refractivity contribution in [2.75, 3.05) is 19.6 Å². The van der Waals surface area contributed by atoms with E-state index in [9.17, 15) is 22.8 Å². The van der Waals surface area contributed by atoms with Gasteiger partial charge in [0.1, 0.15) is 11.9 Å². The first-order valence-corrected chi connectivity index (χ1v) is 11.0. The van der Waals surface area contributed by atoms with Gasteiger partial charge in [-0.15, -0.1) is 0 Å². The van der Waals surface area contributed by atoms with E-state index in [2.05, 4.69) is 10.1 Å². The molecule has 2 amide bonds. The molecule has 0 aliphatic carbocycles. The topological polar surface area (TPSA) is 143 Å². The SMILES string of the molecule is CC(=O)N1CC(c2noc(C3CCCN3C(=O)CC(N)Cc3cc(F)c(F)cc3F)n2)C1.O=CO. The van der Waals surface area contributed by atoms with Crippen molar-refractivity contribution in [2.45, 2.75) is 50.6 Å². The third kappa shape index (κ3) is 6.15. The van der Waals surface area contributed by atoms with E-state index in [0.29, 0.717) is 43.8 Å². The molecule has 2 aromatic rings. The lowest BCUT2D eigenvalue weighted by Gasteiger charge is -2.36. The molecule has 0 bridgehead atoms. The van der Waals surface area contributed by atoms with Crippen molar-refractivity contribution in [1.82, 2.24) is 19.9 Å². The number of hydrogen-bond donors (Lipinski definition) is 2. The van der Waals surface area contributed by atoms with Gasteiger partial charge in [0.15, 0.2) is 17.5 Å². The van der Waals surface area contributed by atoms with Gasteiger partial charge in [0, 0.05) is 45.1 Å². The number of carboxylic acid groups (broad SMARTS) is 1. The van der Waals surface area contributed by atoms with Crippen LogP contribution in [0.5, 0.6) is 0 Å². The van der Waals surface area contributed by atoms with Gasteiger partial charge in [-0.25, -0.2) is 13.2 Å². The Morgan fingerprint density at radius 2 is 1.91 bits per heavy atom. The predicted molar refractivity (Wildman–Crippen MR) is 114 cm³/mol. The van der Waals surface area contributed by atoms with Crippen LogP contribution in [0.3, 0.4) is 0 Å². The fourth-order valence-corrected chi connectivity index (χ4v) is 4.19. The summed E-state index contributed by atoms with van der Waals surface area (Å²) < 4.78 is 45.8. The maximum absolute atomic E-state index is 13.9. The van der Waals surface area contributed by atoms with E-state index in [1.165, 1.54) is 6.92 Å². The molecule has 2 unspecified atom stereocenters. The number of carbonyl (C=O) groups is 3. The molecule has 0 spiro atoms. The van der Waals surface area contributed by atoms with Crippen LogP contribution in [0.25, 0.3) is 0 Å². The molecule has 13 heteroatoms. The quantitative estimate of drug-likeness (QED) is 0.454. The summed E-state index contributed by atoms with van der Waals surface area (Å²) >= 11 is 0. The van der Waals surface area contributed by atoms with Crippen LogP contribution in [0, 0.1) is 17.5 Å². The monoisotopic (exact) mass is 497 g/mol. The molecule has 0 saturated carbocycles. The van der Waals surface area contributed by atoms with Gasteiger partial charge in [-0.05, 0) is 30.9 Å². The largest absolute Gasteiger partial charge is 0.483 e. The van der Waals surface area contributed by atoms with Crippen molar-refractivity contribution in [1.29, 1.82) is 0 Å². The highest BCUT2D eigenvalue weighted by molar-refractivity contribution is 5.77. The molecule has 1 aromatic heterocycles. The number of nitrogens with two attached hydrogens (primary N) is 1. The van der Waals surface area contributed by atoms with Gasteiger partial charge in [0.25, 0.3) is 6.47 Å². The zero-order valence-corrected chi connectivity index (χ0v) is 19.0. The third-order valence-electron chi connectivity index (χ3n) is 6.02. The highest BCUT2D eigenvalue weighted by atomic mass is 19.2. The van der Waals surface area contributed by atoms with Crippen LogP contribution in [0.2, 0.25) is 0 Å². The van der Waals surface area contributed by atoms with Gasteiger partial charge in [0.05, 0.1) is 5.92 Å². The predicted octanol–water partition coefficient (Wildman–Crippen LogP) is 1.76. The number of halogens is 3. The summed E-state index contributed by atoms with van der Waals surface area (Å²) in [6, 6.07) is 0.0934. The molecular formula is C22H26F3N5O5. The van der Waals surface area contributed by atoms with Gasteiger partial charge >= 0.3 is 0 Å². The fourth-order valence-electron chi connectivity index (χ4n) is 4.19. The number of hydrogen-bond acceptors (Lipinski definition) is 7. The Morgan fingerprint density at radius 3 is 2.57 bits per heavy atom. The lowest BCUT2D eigenvalue weighted by molar-refractivity contribution is -0.134. The van der Waals surface area contributed by atoms with E-state index < -0.39 is 23.5 Å².